The lowest BCUT2D eigenvalue weighted by Gasteiger charge is -2.43. The first kappa shape index (κ1) is 16.1. The van der Waals surface area contributed by atoms with Crippen molar-refractivity contribution < 1.29 is 0 Å². The van der Waals surface area contributed by atoms with Gasteiger partial charge in [0.15, 0.2) is 0 Å². The molecule has 23 heavy (non-hydrogen) atoms. The Morgan fingerprint density at radius 1 is 0.913 bits per heavy atom. The molecule has 2 aromatic carbocycles. The molecule has 1 aliphatic heterocycles. The van der Waals surface area contributed by atoms with E-state index in [1.165, 1.54) is 27.9 Å². The van der Waals surface area contributed by atoms with Crippen LogP contribution >= 0.6 is 0 Å². The lowest BCUT2D eigenvalue weighted by Crippen LogP contribution is -2.49. The Morgan fingerprint density at radius 3 is 2.26 bits per heavy atom. The highest BCUT2D eigenvalue weighted by atomic mass is 15.3. The Labute approximate surface area is 141 Å². The first-order chi connectivity index (χ1) is 11.1. The van der Waals surface area contributed by atoms with E-state index in [9.17, 15) is 0 Å². The summed E-state index contributed by atoms with van der Waals surface area (Å²) in [7, 11) is 2.22. The van der Waals surface area contributed by atoms with Gasteiger partial charge in [0, 0.05) is 25.3 Å². The molecule has 3 heteroatoms. The fraction of sp³-hybridized carbons (Fsp3) is 0.400. The molecule has 2 nitrogen and oxygen atoms in total. The summed E-state index contributed by atoms with van der Waals surface area (Å²) in [4.78, 5) is 5.02. The highest BCUT2D eigenvalue weighted by Crippen LogP contribution is 2.33. The second-order valence-electron chi connectivity index (χ2n) is 6.66. The van der Waals surface area contributed by atoms with Gasteiger partial charge in [-0.05, 0) is 38.0 Å². The summed E-state index contributed by atoms with van der Waals surface area (Å²) in [6.45, 7) is 11.9. The third-order valence-electron chi connectivity index (χ3n) is 4.90. The first-order valence-corrected chi connectivity index (χ1v) is 8.52. The summed E-state index contributed by atoms with van der Waals surface area (Å²) in [5, 5.41) is 0. The molecule has 119 valence electrons. The molecule has 0 spiro atoms. The summed E-state index contributed by atoms with van der Waals surface area (Å²) < 4.78 is 0. The van der Waals surface area contributed by atoms with Crippen LogP contribution in [0.1, 0.15) is 28.3 Å². The van der Waals surface area contributed by atoms with Crippen molar-refractivity contribution in [3.05, 3.63) is 64.7 Å². The number of piperazine rings is 1. The van der Waals surface area contributed by atoms with Crippen LogP contribution in [0.3, 0.4) is 0 Å². The second-order valence-corrected chi connectivity index (χ2v) is 6.66. The summed E-state index contributed by atoms with van der Waals surface area (Å²) in [6.07, 6.45) is 0. The minimum absolute atomic E-state index is 0.405. The molecule has 0 bridgehead atoms. The van der Waals surface area contributed by atoms with Gasteiger partial charge in [-0.15, -0.1) is 0 Å². The van der Waals surface area contributed by atoms with Gasteiger partial charge in [0.1, 0.15) is 0 Å². The lowest BCUT2D eigenvalue weighted by atomic mass is 9.90. The lowest BCUT2D eigenvalue weighted by molar-refractivity contribution is 0.348. The molecule has 1 aliphatic rings. The van der Waals surface area contributed by atoms with Crippen LogP contribution in [-0.4, -0.2) is 31.9 Å². The van der Waals surface area contributed by atoms with E-state index in [1.807, 2.05) is 0 Å². The molecule has 0 saturated carbocycles. The van der Waals surface area contributed by atoms with Crippen molar-refractivity contribution in [3.63, 3.8) is 0 Å². The van der Waals surface area contributed by atoms with E-state index in [-0.39, 0.29) is 0 Å². The van der Waals surface area contributed by atoms with Gasteiger partial charge in [0.25, 0.3) is 0 Å². The standard InChI is InChI=1S/C20H26BN2/c1-15-5-8-18(9-6-15)20-14-22(21-4)11-12-23(20)19-10-7-16(2)13-17(19)3/h5-10,13,20H,11-12,14H2,1-4H3. The fourth-order valence-electron chi connectivity index (χ4n) is 3.53. The van der Waals surface area contributed by atoms with Crippen molar-refractivity contribution in [1.29, 1.82) is 0 Å². The second kappa shape index (κ2) is 6.80. The number of hydrogen-bond donors (Lipinski definition) is 0. The van der Waals surface area contributed by atoms with Gasteiger partial charge < -0.3 is 9.71 Å². The predicted molar refractivity (Wildman–Crippen MR) is 100 cm³/mol. The zero-order valence-electron chi connectivity index (χ0n) is 14.7. The topological polar surface area (TPSA) is 6.48 Å². The van der Waals surface area contributed by atoms with E-state index in [2.05, 4.69) is 87.2 Å². The average molecular weight is 305 g/mol. The third-order valence-corrected chi connectivity index (χ3v) is 4.90. The number of benzene rings is 2. The van der Waals surface area contributed by atoms with E-state index < -0.39 is 0 Å². The Morgan fingerprint density at radius 2 is 1.61 bits per heavy atom. The summed E-state index contributed by atoms with van der Waals surface area (Å²) in [6, 6.07) is 16.2. The Bertz CT molecular complexity index is 666. The quantitative estimate of drug-likeness (QED) is 0.786. The highest BCUT2D eigenvalue weighted by molar-refractivity contribution is 6.29. The first-order valence-electron chi connectivity index (χ1n) is 8.52. The summed E-state index contributed by atoms with van der Waals surface area (Å²) in [5.41, 5.74) is 6.80. The average Bonchev–Trinajstić information content (AvgIpc) is 2.55. The Balaban J connectivity index is 1.97. The predicted octanol–water partition coefficient (Wildman–Crippen LogP) is 4.14. The number of nitrogens with zero attached hydrogens (tertiary/aromatic N) is 2. The zero-order chi connectivity index (χ0) is 16.4. The fourth-order valence-corrected chi connectivity index (χ4v) is 3.53. The molecule has 1 fully saturated rings. The maximum Gasteiger partial charge on any atom is 0.205 e. The minimum atomic E-state index is 0.405. The monoisotopic (exact) mass is 305 g/mol. The van der Waals surface area contributed by atoms with Gasteiger partial charge in [-0.2, -0.15) is 0 Å². The van der Waals surface area contributed by atoms with Crippen molar-refractivity contribution in [2.24, 2.45) is 0 Å². The maximum atomic E-state index is 2.58. The van der Waals surface area contributed by atoms with E-state index in [0.29, 0.717) is 6.04 Å². The minimum Gasteiger partial charge on any atom is -0.362 e. The van der Waals surface area contributed by atoms with Gasteiger partial charge in [-0.1, -0.05) is 54.3 Å². The van der Waals surface area contributed by atoms with Crippen LogP contribution in [0.25, 0.3) is 0 Å². The van der Waals surface area contributed by atoms with Crippen molar-refractivity contribution in [3.8, 4) is 0 Å². The molecule has 1 heterocycles. The van der Waals surface area contributed by atoms with Gasteiger partial charge in [0.2, 0.25) is 7.41 Å². The SMILES string of the molecule is C[B]N1CCN(c2ccc(C)cc2C)C(c2ccc(C)cc2)C1. The van der Waals surface area contributed by atoms with Crippen LogP contribution in [0.2, 0.25) is 6.82 Å². The van der Waals surface area contributed by atoms with Gasteiger partial charge in [-0.25, -0.2) is 0 Å². The van der Waals surface area contributed by atoms with Crippen LogP contribution < -0.4 is 4.90 Å². The molecule has 1 radical (unpaired) electrons. The van der Waals surface area contributed by atoms with E-state index in [4.69, 9.17) is 0 Å². The van der Waals surface area contributed by atoms with Crippen LogP contribution in [0.4, 0.5) is 5.69 Å². The number of hydrogen-bond acceptors (Lipinski definition) is 2. The number of aryl methyl sites for hydroxylation is 3. The highest BCUT2D eigenvalue weighted by Gasteiger charge is 2.28. The molecule has 1 saturated heterocycles. The van der Waals surface area contributed by atoms with Gasteiger partial charge in [0.05, 0.1) is 6.04 Å². The summed E-state index contributed by atoms with van der Waals surface area (Å²) in [5.74, 6) is 0. The number of rotatable bonds is 3. The molecule has 0 N–H and O–H groups in total. The molecule has 1 unspecified atom stereocenters. The Kier molecular flexibility index (Phi) is 4.77. The maximum absolute atomic E-state index is 2.58. The Hall–Kier alpha value is -1.74. The van der Waals surface area contributed by atoms with E-state index in [0.717, 1.165) is 19.6 Å². The van der Waals surface area contributed by atoms with Crippen molar-refractivity contribution >= 4 is 13.1 Å². The van der Waals surface area contributed by atoms with Crippen LogP contribution in [0, 0.1) is 20.8 Å². The van der Waals surface area contributed by atoms with Crippen LogP contribution in [0.15, 0.2) is 42.5 Å². The molecule has 0 amide bonds. The molecule has 0 aliphatic carbocycles. The molecule has 1 atom stereocenters. The van der Waals surface area contributed by atoms with Crippen molar-refractivity contribution in [2.75, 3.05) is 24.5 Å². The molecule has 0 aromatic heterocycles. The van der Waals surface area contributed by atoms with Gasteiger partial charge >= 0.3 is 0 Å². The van der Waals surface area contributed by atoms with Gasteiger partial charge in [-0.3, -0.25) is 0 Å². The molecular weight excluding hydrogens is 279 g/mol. The summed E-state index contributed by atoms with van der Waals surface area (Å²) >= 11 is 0. The van der Waals surface area contributed by atoms with Crippen LogP contribution in [-0.2, 0) is 0 Å². The molecule has 2 aromatic rings. The number of anilines is 1. The largest absolute Gasteiger partial charge is 0.362 e. The van der Waals surface area contributed by atoms with E-state index >= 15 is 0 Å². The molecule has 3 rings (SSSR count). The van der Waals surface area contributed by atoms with Crippen LogP contribution in [0.5, 0.6) is 0 Å². The van der Waals surface area contributed by atoms with Crippen molar-refractivity contribution in [1.82, 2.24) is 4.81 Å². The van der Waals surface area contributed by atoms with E-state index in [1.54, 1.807) is 0 Å². The normalized spacial score (nSPS) is 19.0. The molecular formula is C20H26BN2. The van der Waals surface area contributed by atoms with Crippen molar-refractivity contribution in [2.45, 2.75) is 33.6 Å². The smallest absolute Gasteiger partial charge is 0.205 e. The zero-order valence-corrected chi connectivity index (χ0v) is 14.7. The third kappa shape index (κ3) is 3.45.